The molecule has 126 valence electrons. The third-order valence-electron chi connectivity index (χ3n) is 5.79. The molecule has 4 bridgehead atoms. The molecule has 4 rings (SSSR count). The SMILES string of the molecule is O=C(NCCCOCC(O)CO)C12CC3CC(CC(C3)C1)C2. The van der Waals surface area contributed by atoms with Crippen LogP contribution in [0.25, 0.3) is 0 Å². The predicted octanol–water partition coefficient (Wildman–Crippen LogP) is 1.08. The van der Waals surface area contributed by atoms with E-state index in [0.29, 0.717) is 13.2 Å². The van der Waals surface area contributed by atoms with Crippen LogP contribution in [-0.2, 0) is 9.53 Å². The quantitative estimate of drug-likeness (QED) is 0.586. The molecular formula is C17H29NO4. The van der Waals surface area contributed by atoms with Gasteiger partial charge in [-0.25, -0.2) is 0 Å². The monoisotopic (exact) mass is 311 g/mol. The molecule has 0 aliphatic heterocycles. The van der Waals surface area contributed by atoms with Gasteiger partial charge in [0, 0.05) is 18.6 Å². The van der Waals surface area contributed by atoms with Crippen molar-refractivity contribution in [1.29, 1.82) is 0 Å². The Balaban J connectivity index is 1.38. The minimum absolute atomic E-state index is 0.0668. The molecule has 0 aromatic carbocycles. The Labute approximate surface area is 132 Å². The van der Waals surface area contributed by atoms with Crippen LogP contribution in [0.2, 0.25) is 0 Å². The average Bonchev–Trinajstić information content (AvgIpc) is 2.48. The van der Waals surface area contributed by atoms with E-state index in [9.17, 15) is 4.79 Å². The summed E-state index contributed by atoms with van der Waals surface area (Å²) in [6.45, 7) is 1.01. The van der Waals surface area contributed by atoms with E-state index in [4.69, 9.17) is 14.9 Å². The second-order valence-corrected chi connectivity index (χ2v) is 7.72. The van der Waals surface area contributed by atoms with Crippen molar-refractivity contribution < 1.29 is 19.7 Å². The van der Waals surface area contributed by atoms with Crippen molar-refractivity contribution in [1.82, 2.24) is 5.32 Å². The molecule has 1 atom stereocenters. The molecule has 4 fully saturated rings. The first-order valence-corrected chi connectivity index (χ1v) is 8.76. The fourth-order valence-electron chi connectivity index (χ4n) is 5.22. The summed E-state index contributed by atoms with van der Waals surface area (Å²) in [4.78, 5) is 12.7. The molecule has 0 aromatic heterocycles. The van der Waals surface area contributed by atoms with Gasteiger partial charge in [-0.1, -0.05) is 0 Å². The zero-order valence-corrected chi connectivity index (χ0v) is 13.3. The van der Waals surface area contributed by atoms with E-state index in [1.54, 1.807) is 0 Å². The molecule has 0 heterocycles. The van der Waals surface area contributed by atoms with Crippen molar-refractivity contribution in [3.63, 3.8) is 0 Å². The maximum absolute atomic E-state index is 12.7. The Morgan fingerprint density at radius 3 is 2.32 bits per heavy atom. The van der Waals surface area contributed by atoms with Gasteiger partial charge in [-0.3, -0.25) is 4.79 Å². The molecule has 5 nitrogen and oxygen atoms in total. The summed E-state index contributed by atoms with van der Waals surface area (Å²) >= 11 is 0. The zero-order chi connectivity index (χ0) is 15.6. The second kappa shape index (κ2) is 6.85. The number of hydrogen-bond acceptors (Lipinski definition) is 4. The number of rotatable bonds is 8. The van der Waals surface area contributed by atoms with E-state index < -0.39 is 6.10 Å². The predicted molar refractivity (Wildman–Crippen MR) is 82.1 cm³/mol. The number of ether oxygens (including phenoxy) is 1. The molecule has 22 heavy (non-hydrogen) atoms. The van der Waals surface area contributed by atoms with Crippen molar-refractivity contribution in [3.05, 3.63) is 0 Å². The van der Waals surface area contributed by atoms with Gasteiger partial charge < -0.3 is 20.3 Å². The molecule has 4 saturated carbocycles. The van der Waals surface area contributed by atoms with Crippen molar-refractivity contribution >= 4 is 5.91 Å². The van der Waals surface area contributed by atoms with E-state index >= 15 is 0 Å². The van der Waals surface area contributed by atoms with Crippen LogP contribution in [0.4, 0.5) is 0 Å². The number of aliphatic hydroxyl groups excluding tert-OH is 2. The van der Waals surface area contributed by atoms with Gasteiger partial charge in [-0.2, -0.15) is 0 Å². The summed E-state index contributed by atoms with van der Waals surface area (Å²) in [6.07, 6.45) is 7.31. The van der Waals surface area contributed by atoms with Crippen LogP contribution < -0.4 is 5.32 Å². The van der Waals surface area contributed by atoms with Gasteiger partial charge in [-0.15, -0.1) is 0 Å². The number of carbonyl (C=O) groups is 1. The lowest BCUT2D eigenvalue weighted by Gasteiger charge is -2.55. The van der Waals surface area contributed by atoms with E-state index in [1.807, 2.05) is 0 Å². The zero-order valence-electron chi connectivity index (χ0n) is 13.3. The molecule has 5 heteroatoms. The van der Waals surface area contributed by atoms with Gasteiger partial charge in [0.25, 0.3) is 0 Å². The highest BCUT2D eigenvalue weighted by molar-refractivity contribution is 5.83. The van der Waals surface area contributed by atoms with E-state index in [1.165, 1.54) is 19.3 Å². The summed E-state index contributed by atoms with van der Waals surface area (Å²) in [7, 11) is 0. The van der Waals surface area contributed by atoms with E-state index in [2.05, 4.69) is 5.32 Å². The van der Waals surface area contributed by atoms with Gasteiger partial charge >= 0.3 is 0 Å². The largest absolute Gasteiger partial charge is 0.394 e. The summed E-state index contributed by atoms with van der Waals surface area (Å²) in [5.74, 6) is 2.64. The highest BCUT2D eigenvalue weighted by Crippen LogP contribution is 2.60. The topological polar surface area (TPSA) is 78.8 Å². The molecule has 4 aliphatic carbocycles. The van der Waals surface area contributed by atoms with Crippen molar-refractivity contribution in [2.75, 3.05) is 26.4 Å². The summed E-state index contributed by atoms with van der Waals surface area (Å²) in [6, 6.07) is 0. The first-order valence-electron chi connectivity index (χ1n) is 8.76. The van der Waals surface area contributed by atoms with Crippen molar-refractivity contribution in [3.8, 4) is 0 Å². The van der Waals surface area contributed by atoms with Crippen molar-refractivity contribution in [2.24, 2.45) is 23.2 Å². The number of nitrogens with one attached hydrogen (secondary N) is 1. The highest BCUT2D eigenvalue weighted by atomic mass is 16.5. The van der Waals surface area contributed by atoms with Gasteiger partial charge in [0.1, 0.15) is 6.10 Å². The Morgan fingerprint density at radius 1 is 1.18 bits per heavy atom. The van der Waals surface area contributed by atoms with Crippen LogP contribution in [0, 0.1) is 23.2 Å². The van der Waals surface area contributed by atoms with Crippen LogP contribution in [0.15, 0.2) is 0 Å². The third kappa shape index (κ3) is 3.47. The number of carbonyl (C=O) groups excluding carboxylic acids is 1. The standard InChI is InChI=1S/C17H29NO4/c19-10-15(20)11-22-3-1-2-18-16(21)17-7-12-4-13(8-17)6-14(5-12)9-17/h12-15,19-20H,1-11H2,(H,18,21). The molecule has 0 saturated heterocycles. The van der Waals surface area contributed by atoms with Crippen LogP contribution >= 0.6 is 0 Å². The van der Waals surface area contributed by atoms with Crippen LogP contribution in [0.5, 0.6) is 0 Å². The lowest BCUT2D eigenvalue weighted by atomic mass is 9.49. The molecule has 0 spiro atoms. The maximum atomic E-state index is 12.7. The van der Waals surface area contributed by atoms with Gasteiger partial charge in [0.2, 0.25) is 5.91 Å². The lowest BCUT2D eigenvalue weighted by Crippen LogP contribution is -2.53. The second-order valence-electron chi connectivity index (χ2n) is 7.72. The number of hydrogen-bond donors (Lipinski definition) is 3. The smallest absolute Gasteiger partial charge is 0.226 e. The summed E-state index contributed by atoms with van der Waals surface area (Å²) < 4.78 is 5.26. The highest BCUT2D eigenvalue weighted by Gasteiger charge is 2.54. The molecule has 1 unspecified atom stereocenters. The Hall–Kier alpha value is -0.650. The first kappa shape index (κ1) is 16.2. The molecule has 0 aromatic rings. The fourth-order valence-corrected chi connectivity index (χ4v) is 5.22. The fraction of sp³-hybridized carbons (Fsp3) is 0.941. The number of amides is 1. The average molecular weight is 311 g/mol. The van der Waals surface area contributed by atoms with Crippen molar-refractivity contribution in [2.45, 2.75) is 51.0 Å². The van der Waals surface area contributed by atoms with Gasteiger partial charge in [-0.05, 0) is 62.7 Å². The van der Waals surface area contributed by atoms with E-state index in [-0.39, 0.29) is 24.5 Å². The molecular weight excluding hydrogens is 282 g/mol. The van der Waals surface area contributed by atoms with Crippen LogP contribution in [-0.4, -0.2) is 48.6 Å². The molecule has 0 radical (unpaired) electrons. The third-order valence-corrected chi connectivity index (χ3v) is 5.79. The lowest BCUT2D eigenvalue weighted by molar-refractivity contribution is -0.146. The van der Waals surface area contributed by atoms with E-state index in [0.717, 1.165) is 43.4 Å². The van der Waals surface area contributed by atoms with Crippen LogP contribution in [0.3, 0.4) is 0 Å². The van der Waals surface area contributed by atoms with Gasteiger partial charge in [0.15, 0.2) is 0 Å². The van der Waals surface area contributed by atoms with Gasteiger partial charge in [0.05, 0.1) is 13.2 Å². The van der Waals surface area contributed by atoms with Crippen LogP contribution in [0.1, 0.15) is 44.9 Å². The molecule has 3 N–H and O–H groups in total. The minimum Gasteiger partial charge on any atom is -0.394 e. The maximum Gasteiger partial charge on any atom is 0.226 e. The number of aliphatic hydroxyl groups is 2. The molecule has 4 aliphatic rings. The Morgan fingerprint density at radius 2 is 1.77 bits per heavy atom. The molecule has 1 amide bonds. The summed E-state index contributed by atoms with van der Waals surface area (Å²) in [5, 5.41) is 20.9. The Kier molecular flexibility index (Phi) is 5.05. The normalized spacial score (nSPS) is 37.3. The Bertz CT molecular complexity index is 363. The summed E-state index contributed by atoms with van der Waals surface area (Å²) in [5.41, 5.74) is -0.0668. The first-order chi connectivity index (χ1) is 10.6. The minimum atomic E-state index is -0.804.